The lowest BCUT2D eigenvalue weighted by Gasteiger charge is -2.29. The van der Waals surface area contributed by atoms with Gasteiger partial charge in [-0.2, -0.15) is 0 Å². The molecule has 1 saturated heterocycles. The van der Waals surface area contributed by atoms with E-state index in [4.69, 9.17) is 9.47 Å². The van der Waals surface area contributed by atoms with Crippen molar-refractivity contribution in [3.8, 4) is 0 Å². The number of epoxide rings is 1. The molecule has 110 valence electrons. The Morgan fingerprint density at radius 2 is 1.52 bits per heavy atom. The molecule has 1 fully saturated rings. The van der Waals surface area contributed by atoms with Crippen LogP contribution >= 0.6 is 0 Å². The van der Waals surface area contributed by atoms with E-state index in [0.717, 1.165) is 17.7 Å². The highest BCUT2D eigenvalue weighted by Gasteiger charge is 2.41. The molecule has 1 aliphatic heterocycles. The maximum atomic E-state index is 11.2. The lowest BCUT2D eigenvalue weighted by Crippen LogP contribution is -2.34. The van der Waals surface area contributed by atoms with Crippen LogP contribution in [-0.4, -0.2) is 30.5 Å². The van der Waals surface area contributed by atoms with E-state index >= 15 is 0 Å². The number of ether oxygens (including phenoxy) is 2. The minimum atomic E-state index is -1.15. The first-order chi connectivity index (χ1) is 10.1. The van der Waals surface area contributed by atoms with Crippen LogP contribution in [0.15, 0.2) is 60.7 Å². The summed E-state index contributed by atoms with van der Waals surface area (Å²) in [6, 6.07) is 19.3. The molecule has 0 saturated carbocycles. The molecular formula is C18H20O3. The second-order valence-corrected chi connectivity index (χ2v) is 5.82. The van der Waals surface area contributed by atoms with Gasteiger partial charge < -0.3 is 14.6 Å². The van der Waals surface area contributed by atoms with Gasteiger partial charge in [0.25, 0.3) is 0 Å². The average molecular weight is 284 g/mol. The highest BCUT2D eigenvalue weighted by molar-refractivity contribution is 5.36. The lowest BCUT2D eigenvalue weighted by atomic mass is 9.87. The Morgan fingerprint density at radius 3 is 1.95 bits per heavy atom. The van der Waals surface area contributed by atoms with Gasteiger partial charge in [0.1, 0.15) is 11.2 Å². The largest absolute Gasteiger partial charge is 0.378 e. The smallest absolute Gasteiger partial charge is 0.138 e. The summed E-state index contributed by atoms with van der Waals surface area (Å²) in [6.07, 6.45) is 0. The van der Waals surface area contributed by atoms with Gasteiger partial charge in [-0.3, -0.25) is 0 Å². The maximum absolute atomic E-state index is 11.2. The highest BCUT2D eigenvalue weighted by Crippen LogP contribution is 2.31. The van der Waals surface area contributed by atoms with Crippen molar-refractivity contribution < 1.29 is 14.6 Å². The van der Waals surface area contributed by atoms with E-state index in [-0.39, 0.29) is 12.2 Å². The Hall–Kier alpha value is -1.68. The van der Waals surface area contributed by atoms with Crippen molar-refractivity contribution >= 4 is 0 Å². The fraction of sp³-hybridized carbons (Fsp3) is 0.333. The summed E-state index contributed by atoms with van der Waals surface area (Å²) in [5.41, 5.74) is 0.346. The zero-order valence-electron chi connectivity index (χ0n) is 12.2. The summed E-state index contributed by atoms with van der Waals surface area (Å²) in [7, 11) is 0. The van der Waals surface area contributed by atoms with Crippen molar-refractivity contribution in [2.24, 2.45) is 0 Å². The first kappa shape index (κ1) is 14.3. The predicted octanol–water partition coefficient (Wildman–Crippen LogP) is 2.73. The molecule has 0 bridgehead atoms. The van der Waals surface area contributed by atoms with Gasteiger partial charge in [-0.05, 0) is 18.1 Å². The van der Waals surface area contributed by atoms with Crippen molar-refractivity contribution in [2.75, 3.05) is 19.8 Å². The van der Waals surface area contributed by atoms with E-state index in [2.05, 4.69) is 0 Å². The molecule has 0 radical (unpaired) electrons. The van der Waals surface area contributed by atoms with Crippen molar-refractivity contribution in [1.29, 1.82) is 0 Å². The lowest BCUT2D eigenvalue weighted by molar-refractivity contribution is -0.0342. The van der Waals surface area contributed by atoms with Crippen molar-refractivity contribution in [3.63, 3.8) is 0 Å². The summed E-state index contributed by atoms with van der Waals surface area (Å²) in [6.45, 7) is 3.44. The third-order valence-corrected chi connectivity index (χ3v) is 3.86. The van der Waals surface area contributed by atoms with Crippen LogP contribution in [0.5, 0.6) is 0 Å². The van der Waals surface area contributed by atoms with Crippen LogP contribution in [0.4, 0.5) is 0 Å². The minimum absolute atomic E-state index is 0.172. The molecule has 0 amide bonds. The number of hydrogen-bond donors (Lipinski definition) is 1. The fourth-order valence-electron chi connectivity index (χ4n) is 2.38. The predicted molar refractivity (Wildman–Crippen MR) is 81.1 cm³/mol. The van der Waals surface area contributed by atoms with E-state index < -0.39 is 5.60 Å². The van der Waals surface area contributed by atoms with Gasteiger partial charge in [0, 0.05) is 0 Å². The molecule has 1 unspecified atom stereocenters. The van der Waals surface area contributed by atoms with Gasteiger partial charge in [-0.15, -0.1) is 0 Å². The molecule has 0 aromatic heterocycles. The molecule has 1 N–H and O–H groups in total. The highest BCUT2D eigenvalue weighted by atomic mass is 16.6. The van der Waals surface area contributed by atoms with Crippen molar-refractivity contribution in [1.82, 2.24) is 0 Å². The first-order valence-electron chi connectivity index (χ1n) is 7.18. The quantitative estimate of drug-likeness (QED) is 0.829. The van der Waals surface area contributed by atoms with Crippen molar-refractivity contribution in [2.45, 2.75) is 18.1 Å². The minimum Gasteiger partial charge on any atom is -0.378 e. The molecule has 3 rings (SSSR count). The SMILES string of the molecule is CC1(COCC(O)(c2ccccc2)c2ccccc2)CO1. The standard InChI is InChI=1S/C18H20O3/c1-17(13-21-17)12-20-14-18(19,15-8-4-2-5-9-15)16-10-6-3-7-11-16/h2-11,19H,12-14H2,1H3. The zero-order chi connectivity index (χ0) is 14.8. The monoisotopic (exact) mass is 284 g/mol. The molecule has 21 heavy (non-hydrogen) atoms. The Kier molecular flexibility index (Phi) is 3.81. The Bertz CT molecular complexity index is 536. The number of benzene rings is 2. The summed E-state index contributed by atoms with van der Waals surface area (Å²) in [5, 5.41) is 11.2. The molecule has 2 aromatic rings. The summed E-state index contributed by atoms with van der Waals surface area (Å²) < 4.78 is 11.1. The first-order valence-corrected chi connectivity index (χ1v) is 7.18. The molecule has 1 heterocycles. The van der Waals surface area contributed by atoms with E-state index in [1.54, 1.807) is 0 Å². The van der Waals surface area contributed by atoms with E-state index in [9.17, 15) is 5.11 Å². The van der Waals surface area contributed by atoms with Crippen LogP contribution < -0.4 is 0 Å². The van der Waals surface area contributed by atoms with Crippen LogP contribution in [0.1, 0.15) is 18.1 Å². The zero-order valence-corrected chi connectivity index (χ0v) is 12.2. The van der Waals surface area contributed by atoms with Crippen LogP contribution in [-0.2, 0) is 15.1 Å². The van der Waals surface area contributed by atoms with Gasteiger partial charge in [0.05, 0.1) is 19.8 Å². The van der Waals surface area contributed by atoms with E-state index in [1.165, 1.54) is 0 Å². The summed E-state index contributed by atoms with van der Waals surface area (Å²) >= 11 is 0. The van der Waals surface area contributed by atoms with Gasteiger partial charge in [-0.25, -0.2) is 0 Å². The third-order valence-electron chi connectivity index (χ3n) is 3.86. The molecule has 3 heteroatoms. The molecule has 0 aliphatic carbocycles. The Morgan fingerprint density at radius 1 is 1.05 bits per heavy atom. The van der Waals surface area contributed by atoms with Crippen LogP contribution in [0.3, 0.4) is 0 Å². The van der Waals surface area contributed by atoms with E-state index in [1.807, 2.05) is 67.6 Å². The second kappa shape index (κ2) is 5.60. The number of hydrogen-bond acceptors (Lipinski definition) is 3. The summed E-state index contributed by atoms with van der Waals surface area (Å²) in [4.78, 5) is 0. The third kappa shape index (κ3) is 3.16. The Balaban J connectivity index is 1.84. The molecular weight excluding hydrogens is 264 g/mol. The summed E-state index contributed by atoms with van der Waals surface area (Å²) in [5.74, 6) is 0. The molecule has 0 spiro atoms. The average Bonchev–Trinajstić information content (AvgIpc) is 3.26. The molecule has 1 atom stereocenters. The topological polar surface area (TPSA) is 42.0 Å². The van der Waals surface area contributed by atoms with Crippen molar-refractivity contribution in [3.05, 3.63) is 71.8 Å². The molecule has 2 aromatic carbocycles. The van der Waals surface area contributed by atoms with Gasteiger partial charge in [0.2, 0.25) is 0 Å². The van der Waals surface area contributed by atoms with Gasteiger partial charge in [-0.1, -0.05) is 60.7 Å². The molecule has 3 nitrogen and oxygen atoms in total. The second-order valence-electron chi connectivity index (χ2n) is 5.82. The maximum Gasteiger partial charge on any atom is 0.138 e. The fourth-order valence-corrected chi connectivity index (χ4v) is 2.38. The molecule has 1 aliphatic rings. The van der Waals surface area contributed by atoms with E-state index in [0.29, 0.717) is 6.61 Å². The van der Waals surface area contributed by atoms with Crippen LogP contribution in [0, 0.1) is 0 Å². The number of aliphatic hydroxyl groups is 1. The normalized spacial score (nSPS) is 21.2. The number of rotatable bonds is 6. The van der Waals surface area contributed by atoms with Crippen LogP contribution in [0.25, 0.3) is 0 Å². The van der Waals surface area contributed by atoms with Gasteiger partial charge in [0.15, 0.2) is 0 Å². The van der Waals surface area contributed by atoms with Crippen LogP contribution in [0.2, 0.25) is 0 Å². The van der Waals surface area contributed by atoms with Gasteiger partial charge >= 0.3 is 0 Å². The Labute approximate surface area is 125 Å².